The van der Waals surface area contributed by atoms with Crippen LogP contribution in [0.25, 0.3) is 0 Å². The predicted molar refractivity (Wildman–Crippen MR) is 81.8 cm³/mol. The van der Waals surface area contributed by atoms with Crippen LogP contribution in [-0.2, 0) is 0 Å². The molecule has 4 atom stereocenters. The minimum atomic E-state index is -0.976. The summed E-state index contributed by atoms with van der Waals surface area (Å²) < 4.78 is 15.6. The second-order valence-corrected chi connectivity index (χ2v) is 7.81. The molecule has 0 saturated carbocycles. The molecule has 3 heterocycles. The molecule has 3 rings (SSSR count). The molecule has 0 amide bonds. The number of nitrogens with zero attached hydrogens (tertiary/aromatic N) is 4. The summed E-state index contributed by atoms with van der Waals surface area (Å²) in [6.07, 6.45) is 1.52. The largest absolute Gasteiger partial charge is 0.437 e. The van der Waals surface area contributed by atoms with Crippen LogP contribution < -0.4 is 4.90 Å². The van der Waals surface area contributed by atoms with Crippen LogP contribution in [0.1, 0.15) is 19.3 Å². The molecular formula is C11H17BBrFN4OS. The molecule has 0 radical (unpaired) electrons. The second-order valence-electron chi connectivity index (χ2n) is 5.57. The predicted octanol–water partition coefficient (Wildman–Crippen LogP) is 1.79. The molecule has 20 heavy (non-hydrogen) atoms. The van der Waals surface area contributed by atoms with Crippen LogP contribution in [0.2, 0.25) is 6.82 Å². The third kappa shape index (κ3) is 2.38. The van der Waals surface area contributed by atoms with Gasteiger partial charge in [-0.3, -0.25) is 0 Å². The number of piperidine rings is 1. The summed E-state index contributed by atoms with van der Waals surface area (Å²) in [4.78, 5) is 3.84. The van der Waals surface area contributed by atoms with Gasteiger partial charge in [0.2, 0.25) is 5.13 Å². The molecule has 110 valence electrons. The standard InChI is InChI=1S/C11H17BBrFN4OS/c1-12(19)18-6-3-4-7(18)9(14)8(5-6)17(2)11-16-15-10(13)20-11/h6-9,19H,3-5H2,1-2H3/t6?,7?,8-,9+/m1/s1. The number of fused-ring (bicyclic) bond motifs is 2. The highest BCUT2D eigenvalue weighted by atomic mass is 79.9. The van der Waals surface area contributed by atoms with E-state index in [4.69, 9.17) is 0 Å². The number of aromatic nitrogens is 2. The van der Waals surface area contributed by atoms with Gasteiger partial charge < -0.3 is 14.7 Å². The van der Waals surface area contributed by atoms with Crippen molar-refractivity contribution in [2.75, 3.05) is 11.9 Å². The third-order valence-electron chi connectivity index (χ3n) is 4.47. The average Bonchev–Trinajstić information content (AvgIpc) is 2.97. The van der Waals surface area contributed by atoms with Gasteiger partial charge in [0.25, 0.3) is 0 Å². The zero-order chi connectivity index (χ0) is 14.4. The molecule has 2 aliphatic rings. The zero-order valence-corrected chi connectivity index (χ0v) is 13.8. The van der Waals surface area contributed by atoms with Gasteiger partial charge in [-0.25, -0.2) is 4.39 Å². The van der Waals surface area contributed by atoms with Gasteiger partial charge in [0.15, 0.2) is 3.92 Å². The van der Waals surface area contributed by atoms with Gasteiger partial charge in [0.05, 0.1) is 6.04 Å². The lowest BCUT2D eigenvalue weighted by atomic mass is 9.78. The fraction of sp³-hybridized carbons (Fsp3) is 0.818. The van der Waals surface area contributed by atoms with Crippen molar-refractivity contribution in [3.05, 3.63) is 3.92 Å². The minimum absolute atomic E-state index is 0.183. The monoisotopic (exact) mass is 362 g/mol. The Bertz CT molecular complexity index is 493. The van der Waals surface area contributed by atoms with E-state index in [1.807, 2.05) is 16.8 Å². The van der Waals surface area contributed by atoms with E-state index in [1.165, 1.54) is 11.3 Å². The molecule has 0 aliphatic carbocycles. The number of anilines is 1. The highest BCUT2D eigenvalue weighted by Gasteiger charge is 2.51. The second kappa shape index (κ2) is 5.51. The van der Waals surface area contributed by atoms with Crippen molar-refractivity contribution in [1.29, 1.82) is 0 Å². The first-order chi connectivity index (χ1) is 9.49. The topological polar surface area (TPSA) is 52.5 Å². The summed E-state index contributed by atoms with van der Waals surface area (Å²) in [6.45, 7) is 1.73. The van der Waals surface area contributed by atoms with Crippen LogP contribution in [0.4, 0.5) is 9.52 Å². The lowest BCUT2D eigenvalue weighted by Gasteiger charge is -2.44. The van der Waals surface area contributed by atoms with Crippen LogP contribution in [0.15, 0.2) is 3.92 Å². The van der Waals surface area contributed by atoms with Crippen molar-refractivity contribution in [2.45, 2.75) is 50.4 Å². The van der Waals surface area contributed by atoms with E-state index >= 15 is 0 Å². The number of alkyl halides is 1. The van der Waals surface area contributed by atoms with Crippen LogP contribution in [-0.4, -0.2) is 58.4 Å². The van der Waals surface area contributed by atoms with Crippen molar-refractivity contribution in [2.24, 2.45) is 0 Å². The summed E-state index contributed by atoms with van der Waals surface area (Å²) >= 11 is 4.70. The Morgan fingerprint density at radius 1 is 1.50 bits per heavy atom. The third-order valence-corrected chi connectivity index (χ3v) is 5.92. The molecule has 2 saturated heterocycles. The summed E-state index contributed by atoms with van der Waals surface area (Å²) in [5.74, 6) is 0. The SMILES string of the molecule is CB(O)N1C2CCC1[C@H](F)[C@H](N(C)c1nnc(Br)s1)C2. The molecule has 1 aromatic heterocycles. The van der Waals surface area contributed by atoms with Crippen LogP contribution in [0.3, 0.4) is 0 Å². The van der Waals surface area contributed by atoms with Gasteiger partial charge in [-0.15, -0.1) is 10.2 Å². The summed E-state index contributed by atoms with van der Waals surface area (Å²) in [5, 5.41) is 18.6. The number of rotatable bonds is 3. The average molecular weight is 363 g/mol. The maximum atomic E-state index is 14.8. The van der Waals surface area contributed by atoms with Crippen molar-refractivity contribution in [1.82, 2.24) is 15.0 Å². The molecule has 5 nitrogen and oxygen atoms in total. The Labute approximate surface area is 130 Å². The number of hydrogen-bond acceptors (Lipinski definition) is 6. The summed E-state index contributed by atoms with van der Waals surface area (Å²) in [5.41, 5.74) is 0. The van der Waals surface area contributed by atoms with Gasteiger partial charge in [0, 0.05) is 19.1 Å². The van der Waals surface area contributed by atoms with E-state index in [2.05, 4.69) is 26.1 Å². The first kappa shape index (κ1) is 14.7. The summed E-state index contributed by atoms with van der Waals surface area (Å²) in [6, 6.07) is -0.115. The van der Waals surface area contributed by atoms with E-state index in [0.29, 0.717) is 3.92 Å². The fourth-order valence-electron chi connectivity index (χ4n) is 3.60. The Balaban J connectivity index is 1.80. The highest BCUT2D eigenvalue weighted by Crippen LogP contribution is 2.40. The number of hydrogen-bond donors (Lipinski definition) is 1. The maximum Gasteiger partial charge on any atom is 0.376 e. The number of halogens is 2. The molecule has 2 fully saturated rings. The molecule has 1 N–H and O–H groups in total. The zero-order valence-electron chi connectivity index (χ0n) is 11.4. The van der Waals surface area contributed by atoms with Gasteiger partial charge in [-0.2, -0.15) is 0 Å². The fourth-order valence-corrected chi connectivity index (χ4v) is 4.70. The van der Waals surface area contributed by atoms with Gasteiger partial charge >= 0.3 is 7.05 Å². The summed E-state index contributed by atoms with van der Waals surface area (Å²) in [7, 11) is 1.30. The van der Waals surface area contributed by atoms with Gasteiger partial charge in [0.1, 0.15) is 6.17 Å². The molecular weight excluding hydrogens is 346 g/mol. The van der Waals surface area contributed by atoms with Crippen molar-refractivity contribution in [3.8, 4) is 0 Å². The van der Waals surface area contributed by atoms with Crippen LogP contribution >= 0.6 is 27.3 Å². The smallest absolute Gasteiger partial charge is 0.376 e. The molecule has 0 aromatic carbocycles. The Hall–Kier alpha value is -0.245. The lowest BCUT2D eigenvalue weighted by molar-refractivity contribution is 0.0965. The normalized spacial score (nSPS) is 33.5. The molecule has 2 bridgehead atoms. The quantitative estimate of drug-likeness (QED) is 0.831. The molecule has 2 aliphatic heterocycles. The van der Waals surface area contributed by atoms with Gasteiger partial charge in [-0.1, -0.05) is 11.3 Å². The first-order valence-electron chi connectivity index (χ1n) is 6.80. The molecule has 0 spiro atoms. The minimum Gasteiger partial charge on any atom is -0.437 e. The molecule has 1 aromatic rings. The highest BCUT2D eigenvalue weighted by molar-refractivity contribution is 9.11. The lowest BCUT2D eigenvalue weighted by Crippen LogP contribution is -2.60. The van der Waals surface area contributed by atoms with Gasteiger partial charge in [-0.05, 0) is 42.0 Å². The van der Waals surface area contributed by atoms with E-state index in [1.54, 1.807) is 6.82 Å². The van der Waals surface area contributed by atoms with E-state index in [0.717, 1.165) is 24.4 Å². The molecule has 9 heteroatoms. The van der Waals surface area contributed by atoms with E-state index < -0.39 is 13.2 Å². The first-order valence-corrected chi connectivity index (χ1v) is 8.41. The van der Waals surface area contributed by atoms with Crippen molar-refractivity contribution in [3.63, 3.8) is 0 Å². The van der Waals surface area contributed by atoms with E-state index in [9.17, 15) is 9.41 Å². The van der Waals surface area contributed by atoms with Crippen LogP contribution in [0, 0.1) is 0 Å². The Kier molecular flexibility index (Phi) is 4.05. The van der Waals surface area contributed by atoms with Crippen molar-refractivity contribution < 1.29 is 9.41 Å². The maximum absolute atomic E-state index is 14.8. The van der Waals surface area contributed by atoms with Crippen LogP contribution in [0.5, 0.6) is 0 Å². The Morgan fingerprint density at radius 3 is 2.85 bits per heavy atom. The molecule has 2 unspecified atom stereocenters. The van der Waals surface area contributed by atoms with Crippen molar-refractivity contribution >= 4 is 39.4 Å². The van der Waals surface area contributed by atoms with E-state index in [-0.39, 0.29) is 18.1 Å². The Morgan fingerprint density at radius 2 is 2.25 bits per heavy atom.